The minimum absolute atomic E-state index is 0.456. The fraction of sp³-hybridized carbons (Fsp3) is 0.571. The van der Waals surface area contributed by atoms with Crippen LogP contribution in [-0.4, -0.2) is 12.6 Å². The van der Waals surface area contributed by atoms with Crippen molar-refractivity contribution in [1.82, 2.24) is 5.32 Å². The number of hydrogen-bond acceptors (Lipinski definition) is 2. The van der Waals surface area contributed by atoms with Crippen LogP contribution in [0.3, 0.4) is 0 Å². The van der Waals surface area contributed by atoms with E-state index in [4.69, 9.17) is 16.3 Å². The van der Waals surface area contributed by atoms with Gasteiger partial charge in [-0.2, -0.15) is 0 Å². The third kappa shape index (κ3) is 4.97. The van der Waals surface area contributed by atoms with Crippen LogP contribution in [0.15, 0.2) is 18.2 Å². The Kier molecular flexibility index (Phi) is 6.38. The van der Waals surface area contributed by atoms with Gasteiger partial charge in [0.2, 0.25) is 0 Å². The zero-order valence-corrected chi connectivity index (χ0v) is 11.7. The lowest BCUT2D eigenvalue weighted by atomic mass is 10.2. The standard InChI is InChI=1S/C14H22ClNO/c1-4-5-9-17-14-12(10-16-11(2)3)7-6-8-13(14)15/h6-8,11,16H,4-5,9-10H2,1-3H3. The topological polar surface area (TPSA) is 21.3 Å². The van der Waals surface area contributed by atoms with Crippen molar-refractivity contribution in [2.75, 3.05) is 6.61 Å². The van der Waals surface area contributed by atoms with Gasteiger partial charge in [0.1, 0.15) is 5.75 Å². The molecule has 96 valence electrons. The van der Waals surface area contributed by atoms with Crippen molar-refractivity contribution in [1.29, 1.82) is 0 Å². The normalized spacial score (nSPS) is 10.9. The van der Waals surface area contributed by atoms with E-state index in [1.54, 1.807) is 0 Å². The first-order valence-corrected chi connectivity index (χ1v) is 6.66. The van der Waals surface area contributed by atoms with Crippen molar-refractivity contribution in [3.8, 4) is 5.75 Å². The van der Waals surface area contributed by atoms with Crippen LogP contribution >= 0.6 is 11.6 Å². The Morgan fingerprint density at radius 1 is 1.35 bits per heavy atom. The molecule has 0 spiro atoms. The molecule has 0 heterocycles. The Morgan fingerprint density at radius 2 is 2.12 bits per heavy atom. The molecule has 0 radical (unpaired) electrons. The molecule has 0 bridgehead atoms. The van der Waals surface area contributed by atoms with Crippen molar-refractivity contribution in [2.24, 2.45) is 0 Å². The van der Waals surface area contributed by atoms with Gasteiger partial charge >= 0.3 is 0 Å². The second kappa shape index (κ2) is 7.57. The molecule has 0 unspecified atom stereocenters. The van der Waals surface area contributed by atoms with Crippen molar-refractivity contribution in [2.45, 2.75) is 46.2 Å². The molecular formula is C14H22ClNO. The number of rotatable bonds is 7. The van der Waals surface area contributed by atoms with E-state index in [0.29, 0.717) is 11.1 Å². The second-order valence-corrected chi connectivity index (χ2v) is 4.87. The SMILES string of the molecule is CCCCOc1c(Cl)cccc1CNC(C)C. The third-order valence-electron chi connectivity index (χ3n) is 2.49. The Balaban J connectivity index is 2.69. The molecule has 0 aromatic heterocycles. The lowest BCUT2D eigenvalue weighted by Gasteiger charge is -2.14. The summed E-state index contributed by atoms with van der Waals surface area (Å²) in [7, 11) is 0. The highest BCUT2D eigenvalue weighted by Crippen LogP contribution is 2.28. The lowest BCUT2D eigenvalue weighted by Crippen LogP contribution is -2.22. The molecule has 0 aliphatic carbocycles. The van der Waals surface area contributed by atoms with Crippen molar-refractivity contribution < 1.29 is 4.74 Å². The number of hydrogen-bond donors (Lipinski definition) is 1. The molecule has 0 aliphatic rings. The molecule has 2 nitrogen and oxygen atoms in total. The van der Waals surface area contributed by atoms with E-state index in [1.165, 1.54) is 0 Å². The largest absolute Gasteiger partial charge is 0.492 e. The Hall–Kier alpha value is -0.730. The molecular weight excluding hydrogens is 234 g/mol. The molecule has 3 heteroatoms. The van der Waals surface area contributed by atoms with Crippen LogP contribution in [-0.2, 0) is 6.54 Å². The van der Waals surface area contributed by atoms with Crippen molar-refractivity contribution in [3.05, 3.63) is 28.8 Å². The first kappa shape index (κ1) is 14.3. The van der Waals surface area contributed by atoms with E-state index >= 15 is 0 Å². The average molecular weight is 256 g/mol. The molecule has 1 aromatic rings. The molecule has 0 saturated carbocycles. The minimum Gasteiger partial charge on any atom is -0.492 e. The number of benzene rings is 1. The van der Waals surface area contributed by atoms with Crippen LogP contribution in [0.1, 0.15) is 39.2 Å². The van der Waals surface area contributed by atoms with Gasteiger partial charge in [-0.1, -0.05) is 50.9 Å². The van der Waals surface area contributed by atoms with Gasteiger partial charge in [-0.05, 0) is 12.5 Å². The van der Waals surface area contributed by atoms with E-state index in [0.717, 1.165) is 37.3 Å². The van der Waals surface area contributed by atoms with E-state index in [-0.39, 0.29) is 0 Å². The number of ether oxygens (including phenoxy) is 1. The second-order valence-electron chi connectivity index (χ2n) is 4.47. The van der Waals surface area contributed by atoms with Gasteiger partial charge in [0.25, 0.3) is 0 Å². The van der Waals surface area contributed by atoms with E-state index in [1.807, 2.05) is 12.1 Å². The molecule has 1 rings (SSSR count). The maximum atomic E-state index is 6.17. The molecule has 1 N–H and O–H groups in total. The van der Waals surface area contributed by atoms with E-state index < -0.39 is 0 Å². The number of unbranched alkanes of at least 4 members (excludes halogenated alkanes) is 1. The third-order valence-corrected chi connectivity index (χ3v) is 2.79. The van der Waals surface area contributed by atoms with Gasteiger partial charge in [0, 0.05) is 18.2 Å². The van der Waals surface area contributed by atoms with Gasteiger partial charge in [-0.3, -0.25) is 0 Å². The van der Waals surface area contributed by atoms with Gasteiger partial charge in [0.15, 0.2) is 0 Å². The fourth-order valence-electron chi connectivity index (χ4n) is 1.49. The first-order chi connectivity index (χ1) is 8.15. The number of nitrogens with one attached hydrogen (secondary N) is 1. The summed E-state index contributed by atoms with van der Waals surface area (Å²) >= 11 is 6.17. The Morgan fingerprint density at radius 3 is 2.76 bits per heavy atom. The first-order valence-electron chi connectivity index (χ1n) is 6.28. The highest BCUT2D eigenvalue weighted by atomic mass is 35.5. The summed E-state index contributed by atoms with van der Waals surface area (Å²) < 4.78 is 5.77. The summed E-state index contributed by atoms with van der Waals surface area (Å²) in [6.45, 7) is 7.93. The summed E-state index contributed by atoms with van der Waals surface area (Å²) in [5.74, 6) is 0.829. The predicted octanol–water partition coefficient (Wildman–Crippen LogP) is 4.02. The lowest BCUT2D eigenvalue weighted by molar-refractivity contribution is 0.305. The highest BCUT2D eigenvalue weighted by molar-refractivity contribution is 6.32. The highest BCUT2D eigenvalue weighted by Gasteiger charge is 2.08. The average Bonchev–Trinajstić information content (AvgIpc) is 2.29. The van der Waals surface area contributed by atoms with Crippen LogP contribution in [0.2, 0.25) is 5.02 Å². The van der Waals surface area contributed by atoms with Gasteiger partial charge in [-0.15, -0.1) is 0 Å². The molecule has 0 aliphatic heterocycles. The number of halogens is 1. The quantitative estimate of drug-likeness (QED) is 0.743. The molecule has 0 amide bonds. The zero-order chi connectivity index (χ0) is 12.7. The molecule has 0 fully saturated rings. The smallest absolute Gasteiger partial charge is 0.142 e. The molecule has 1 aromatic carbocycles. The summed E-state index contributed by atoms with van der Waals surface area (Å²) in [5.41, 5.74) is 1.13. The minimum atomic E-state index is 0.456. The van der Waals surface area contributed by atoms with Crippen molar-refractivity contribution in [3.63, 3.8) is 0 Å². The monoisotopic (exact) mass is 255 g/mol. The fourth-order valence-corrected chi connectivity index (χ4v) is 1.74. The van der Waals surface area contributed by atoms with Gasteiger partial charge in [0.05, 0.1) is 11.6 Å². The summed E-state index contributed by atoms with van der Waals surface area (Å²) in [5, 5.41) is 4.08. The van der Waals surface area contributed by atoms with Crippen molar-refractivity contribution >= 4 is 11.6 Å². The van der Waals surface area contributed by atoms with Crippen LogP contribution in [0.4, 0.5) is 0 Å². The molecule has 0 saturated heterocycles. The Bertz CT molecular complexity index is 339. The maximum Gasteiger partial charge on any atom is 0.142 e. The van der Waals surface area contributed by atoms with E-state index in [2.05, 4.69) is 32.2 Å². The van der Waals surface area contributed by atoms with Gasteiger partial charge < -0.3 is 10.1 Å². The van der Waals surface area contributed by atoms with Gasteiger partial charge in [-0.25, -0.2) is 0 Å². The number of para-hydroxylation sites is 1. The van der Waals surface area contributed by atoms with Crippen LogP contribution < -0.4 is 10.1 Å². The molecule has 0 atom stereocenters. The molecule has 17 heavy (non-hydrogen) atoms. The van der Waals surface area contributed by atoms with Crippen LogP contribution in [0, 0.1) is 0 Å². The zero-order valence-electron chi connectivity index (χ0n) is 10.9. The van der Waals surface area contributed by atoms with E-state index in [9.17, 15) is 0 Å². The van der Waals surface area contributed by atoms with Crippen LogP contribution in [0.5, 0.6) is 5.75 Å². The maximum absolute atomic E-state index is 6.17. The predicted molar refractivity (Wildman–Crippen MR) is 73.8 cm³/mol. The summed E-state index contributed by atoms with van der Waals surface area (Å²) in [6.07, 6.45) is 2.19. The summed E-state index contributed by atoms with van der Waals surface area (Å²) in [4.78, 5) is 0. The Labute approximate surface area is 109 Å². The summed E-state index contributed by atoms with van der Waals surface area (Å²) in [6, 6.07) is 6.36. The van der Waals surface area contributed by atoms with Crippen LogP contribution in [0.25, 0.3) is 0 Å².